The Bertz CT molecular complexity index is 810. The summed E-state index contributed by atoms with van der Waals surface area (Å²) in [6.45, 7) is 1.86. The molecular formula is C33H64NNaO10P+. The van der Waals surface area contributed by atoms with Crippen LogP contribution < -0.4 is 34.5 Å². The van der Waals surface area contributed by atoms with Crippen molar-refractivity contribution in [2.24, 2.45) is 0 Å². The van der Waals surface area contributed by atoms with Gasteiger partial charge in [-0.2, -0.15) is 0 Å². The van der Waals surface area contributed by atoms with E-state index in [4.69, 9.17) is 23.8 Å². The monoisotopic (exact) mass is 688 g/mol. The third kappa shape index (κ3) is 34.8. The molecule has 0 aliphatic carbocycles. The fraction of sp³-hybridized carbons (Fsp3) is 0.879. The van der Waals surface area contributed by atoms with E-state index >= 15 is 0 Å². The second-order valence-electron chi connectivity index (χ2n) is 12.8. The van der Waals surface area contributed by atoms with E-state index in [-0.39, 0.29) is 55.6 Å². The number of rotatable bonds is 32. The van der Waals surface area contributed by atoms with E-state index in [1.54, 1.807) is 6.08 Å². The van der Waals surface area contributed by atoms with Gasteiger partial charge in [-0.05, 0) is 31.8 Å². The van der Waals surface area contributed by atoms with Crippen molar-refractivity contribution in [3.8, 4) is 0 Å². The molecule has 0 aliphatic rings. The molecular weight excluding hydrogens is 624 g/mol. The number of carbonyl (C=O) groups is 2. The quantitative estimate of drug-likeness (QED) is 0.0157. The van der Waals surface area contributed by atoms with Gasteiger partial charge in [0.05, 0.1) is 27.7 Å². The second kappa shape index (κ2) is 31.8. The molecule has 11 nitrogen and oxygen atoms in total. The Labute approximate surface area is 301 Å². The Kier molecular flexibility index (Phi) is 32.9. The second-order valence-corrected chi connectivity index (χ2v) is 14.2. The fourth-order valence-electron chi connectivity index (χ4n) is 4.54. The minimum atomic E-state index is -4.63. The van der Waals surface area contributed by atoms with Gasteiger partial charge in [0, 0.05) is 12.8 Å². The topological polar surface area (TPSA) is 141 Å². The number of nitrogens with zero attached hydrogens (tertiary/aromatic N) is 1. The SMILES string of the molecule is CCCCCCCCCCCCCCCC(=O)OCC(COP(=O)([O-])OCC[N+](C)(C)C)OC(=O)CCCCCC/C=C\OO.[Na+]. The van der Waals surface area contributed by atoms with Gasteiger partial charge in [0.2, 0.25) is 0 Å². The number of allylic oxidation sites excluding steroid dienone is 1. The number of unbranched alkanes of at least 4 members (excludes halogenated alkanes) is 16. The van der Waals surface area contributed by atoms with E-state index < -0.39 is 32.5 Å². The number of ether oxygens (including phenoxy) is 2. The van der Waals surface area contributed by atoms with Gasteiger partial charge in [-0.15, -0.1) is 0 Å². The number of phosphoric ester groups is 1. The summed E-state index contributed by atoms with van der Waals surface area (Å²) in [4.78, 5) is 40.9. The van der Waals surface area contributed by atoms with Gasteiger partial charge in [-0.25, -0.2) is 5.26 Å². The van der Waals surface area contributed by atoms with Gasteiger partial charge in [-0.1, -0.05) is 96.8 Å². The molecule has 0 aromatic heterocycles. The summed E-state index contributed by atoms with van der Waals surface area (Å²) in [7, 11) is 1.09. The molecule has 2 unspecified atom stereocenters. The molecule has 0 heterocycles. The molecule has 1 N–H and O–H groups in total. The van der Waals surface area contributed by atoms with Crippen LogP contribution in [0.2, 0.25) is 0 Å². The van der Waals surface area contributed by atoms with E-state index in [2.05, 4.69) is 11.8 Å². The van der Waals surface area contributed by atoms with E-state index in [1.807, 2.05) is 21.1 Å². The van der Waals surface area contributed by atoms with Crippen LogP contribution in [-0.4, -0.2) is 75.3 Å². The third-order valence-electron chi connectivity index (χ3n) is 7.30. The molecule has 0 saturated carbocycles. The summed E-state index contributed by atoms with van der Waals surface area (Å²) >= 11 is 0. The zero-order valence-corrected chi connectivity index (χ0v) is 32.6. The summed E-state index contributed by atoms with van der Waals surface area (Å²) < 4.78 is 33.4. The van der Waals surface area contributed by atoms with Gasteiger partial charge < -0.3 is 32.8 Å². The van der Waals surface area contributed by atoms with Crippen molar-refractivity contribution in [2.45, 2.75) is 141 Å². The van der Waals surface area contributed by atoms with E-state index in [0.717, 1.165) is 44.9 Å². The average Bonchev–Trinajstić information content (AvgIpc) is 2.97. The normalized spacial score (nSPS) is 13.6. The van der Waals surface area contributed by atoms with Crippen molar-refractivity contribution in [3.05, 3.63) is 12.3 Å². The van der Waals surface area contributed by atoms with Crippen molar-refractivity contribution < 1.29 is 81.8 Å². The smallest absolute Gasteiger partial charge is 0.756 e. The number of hydrogen-bond donors (Lipinski definition) is 1. The van der Waals surface area contributed by atoms with Crippen LogP contribution >= 0.6 is 7.82 Å². The van der Waals surface area contributed by atoms with Gasteiger partial charge in [0.25, 0.3) is 7.82 Å². The predicted molar refractivity (Wildman–Crippen MR) is 174 cm³/mol. The molecule has 0 aromatic carbocycles. The molecule has 2 atom stereocenters. The molecule has 0 radical (unpaired) electrons. The van der Waals surface area contributed by atoms with Crippen LogP contribution in [0.1, 0.15) is 135 Å². The van der Waals surface area contributed by atoms with Crippen LogP contribution in [0.3, 0.4) is 0 Å². The largest absolute Gasteiger partial charge is 1.00 e. The number of quaternary nitrogens is 1. The van der Waals surface area contributed by atoms with Crippen LogP contribution in [0, 0.1) is 0 Å². The standard InChI is InChI=1S/C33H64NO10P.Na/c1-5-6-7-8-9-10-11-12-13-14-15-18-21-24-32(35)40-29-31(30-43-45(38,39)42-28-26-34(2,3)4)44-33(36)25-22-19-16-17-20-23-27-41-37;/h23,27,31H,5-22,24-26,28-30H2,1-4H3,(H-,37,38,39);/q;+1/b27-23-;. The van der Waals surface area contributed by atoms with Crippen LogP contribution in [0.5, 0.6) is 0 Å². The maximum absolute atomic E-state index is 12.4. The maximum atomic E-state index is 12.4. The molecule has 13 heteroatoms. The molecule has 0 amide bonds. The summed E-state index contributed by atoms with van der Waals surface area (Å²) in [5.74, 6) is -0.930. The maximum Gasteiger partial charge on any atom is 1.00 e. The van der Waals surface area contributed by atoms with Crippen molar-refractivity contribution in [1.82, 2.24) is 0 Å². The molecule has 0 spiro atoms. The number of likely N-dealkylation sites (N-methyl/N-ethyl adjacent to an activating group) is 1. The van der Waals surface area contributed by atoms with E-state index in [0.29, 0.717) is 17.4 Å². The number of esters is 2. The molecule has 0 aliphatic heterocycles. The molecule has 0 fully saturated rings. The first-order valence-corrected chi connectivity index (χ1v) is 18.7. The van der Waals surface area contributed by atoms with Crippen molar-refractivity contribution in [2.75, 3.05) is 47.5 Å². The Morgan fingerprint density at radius 3 is 1.78 bits per heavy atom. The Balaban J connectivity index is 0. The summed E-state index contributed by atoms with van der Waals surface area (Å²) in [5.41, 5.74) is 0. The molecule has 46 heavy (non-hydrogen) atoms. The van der Waals surface area contributed by atoms with Crippen LogP contribution in [0.15, 0.2) is 12.3 Å². The first-order chi connectivity index (χ1) is 21.5. The van der Waals surface area contributed by atoms with Crippen molar-refractivity contribution in [3.63, 3.8) is 0 Å². The predicted octanol–water partition coefficient (Wildman–Crippen LogP) is 4.48. The molecule has 0 rings (SSSR count). The zero-order valence-electron chi connectivity index (χ0n) is 29.7. The van der Waals surface area contributed by atoms with Gasteiger partial charge in [0.1, 0.15) is 26.0 Å². The molecule has 0 bridgehead atoms. The summed E-state index contributed by atoms with van der Waals surface area (Å²) in [5, 5.41) is 8.26. The third-order valence-corrected chi connectivity index (χ3v) is 8.27. The summed E-state index contributed by atoms with van der Waals surface area (Å²) in [6.07, 6.45) is 21.9. The number of hydrogen-bond acceptors (Lipinski definition) is 10. The number of phosphoric acid groups is 1. The van der Waals surface area contributed by atoms with E-state index in [1.165, 1.54) is 70.5 Å². The van der Waals surface area contributed by atoms with Crippen LogP contribution in [-0.2, 0) is 37.6 Å². The van der Waals surface area contributed by atoms with Gasteiger partial charge >= 0.3 is 41.5 Å². The van der Waals surface area contributed by atoms with Crippen LogP contribution in [0.25, 0.3) is 0 Å². The minimum absolute atomic E-state index is 0. The fourth-order valence-corrected chi connectivity index (χ4v) is 5.27. The van der Waals surface area contributed by atoms with Crippen molar-refractivity contribution in [1.29, 1.82) is 0 Å². The number of carbonyl (C=O) groups excluding carboxylic acids is 2. The first kappa shape index (κ1) is 47.6. The minimum Gasteiger partial charge on any atom is -0.756 e. The molecule has 0 saturated heterocycles. The zero-order chi connectivity index (χ0) is 33.7. The molecule has 0 aromatic rings. The van der Waals surface area contributed by atoms with Gasteiger partial charge in [0.15, 0.2) is 6.10 Å². The Hall–Kier alpha value is -0.490. The average molecular weight is 689 g/mol. The Morgan fingerprint density at radius 2 is 1.26 bits per heavy atom. The van der Waals surface area contributed by atoms with Crippen molar-refractivity contribution >= 4 is 19.8 Å². The van der Waals surface area contributed by atoms with E-state index in [9.17, 15) is 19.0 Å². The first-order valence-electron chi connectivity index (χ1n) is 17.2. The Morgan fingerprint density at radius 1 is 0.761 bits per heavy atom. The molecule has 266 valence electrons. The van der Waals surface area contributed by atoms with Crippen LogP contribution in [0.4, 0.5) is 0 Å². The van der Waals surface area contributed by atoms with Gasteiger partial charge in [-0.3, -0.25) is 14.2 Å². The summed E-state index contributed by atoms with van der Waals surface area (Å²) in [6, 6.07) is 0.